The van der Waals surface area contributed by atoms with E-state index < -0.39 is 0 Å². The summed E-state index contributed by atoms with van der Waals surface area (Å²) < 4.78 is 12.0. The third-order valence-corrected chi connectivity index (χ3v) is 6.47. The Labute approximate surface area is 153 Å². The van der Waals surface area contributed by atoms with Crippen LogP contribution in [0.4, 0.5) is 4.79 Å². The van der Waals surface area contributed by atoms with Crippen molar-refractivity contribution >= 4 is 6.09 Å². The van der Waals surface area contributed by atoms with E-state index in [1.807, 2.05) is 0 Å². The summed E-state index contributed by atoms with van der Waals surface area (Å²) >= 11 is 0. The summed E-state index contributed by atoms with van der Waals surface area (Å²) in [6.07, 6.45) is 8.00. The molecule has 0 radical (unpaired) electrons. The molecule has 4 nitrogen and oxygen atoms in total. The molecule has 25 heavy (non-hydrogen) atoms. The first kappa shape index (κ1) is 20.3. The highest BCUT2D eigenvalue weighted by Gasteiger charge is 2.53. The van der Waals surface area contributed by atoms with Crippen LogP contribution in [0, 0.1) is 23.2 Å². The fraction of sp³-hybridized carbons (Fsp3) is 0.857. The SMILES string of the molecule is CCCCNC(=O)OC[C@]12CO[C@@H](CCCC)[C@@H](C(C)=C[C@@H]1C)[C@H]2C. The summed E-state index contributed by atoms with van der Waals surface area (Å²) in [5, 5.41) is 2.85. The van der Waals surface area contributed by atoms with Gasteiger partial charge in [-0.05, 0) is 31.6 Å². The number of carbonyl (C=O) groups is 1. The van der Waals surface area contributed by atoms with Crippen molar-refractivity contribution in [2.75, 3.05) is 19.8 Å². The molecule has 5 atom stereocenters. The van der Waals surface area contributed by atoms with Crippen LogP contribution < -0.4 is 5.32 Å². The van der Waals surface area contributed by atoms with Crippen LogP contribution >= 0.6 is 0 Å². The van der Waals surface area contributed by atoms with Crippen LogP contribution in [-0.2, 0) is 9.47 Å². The molecule has 0 aromatic heterocycles. The lowest BCUT2D eigenvalue weighted by Gasteiger charge is -2.55. The molecule has 0 unspecified atom stereocenters. The number of nitrogens with one attached hydrogen (secondary N) is 1. The highest BCUT2D eigenvalue weighted by Crippen LogP contribution is 2.53. The van der Waals surface area contributed by atoms with Gasteiger partial charge in [0.1, 0.15) is 6.61 Å². The van der Waals surface area contributed by atoms with Crippen molar-refractivity contribution in [3.8, 4) is 0 Å². The maximum atomic E-state index is 12.0. The first-order valence-electron chi connectivity index (χ1n) is 10.2. The lowest BCUT2D eigenvalue weighted by Crippen LogP contribution is -2.57. The maximum Gasteiger partial charge on any atom is 0.407 e. The minimum Gasteiger partial charge on any atom is -0.449 e. The number of allylic oxidation sites excluding steroid dienone is 1. The Kier molecular flexibility index (Phi) is 7.36. The van der Waals surface area contributed by atoms with E-state index in [-0.39, 0.29) is 11.5 Å². The molecule has 0 aromatic carbocycles. The molecule has 1 saturated heterocycles. The molecule has 0 aromatic rings. The van der Waals surface area contributed by atoms with Crippen molar-refractivity contribution in [3.05, 3.63) is 11.6 Å². The number of fused-ring (bicyclic) bond motifs is 2. The molecule has 1 fully saturated rings. The number of alkyl carbamates (subject to hydrolysis) is 1. The molecule has 1 heterocycles. The van der Waals surface area contributed by atoms with Gasteiger partial charge < -0.3 is 14.8 Å². The van der Waals surface area contributed by atoms with Gasteiger partial charge in [0.15, 0.2) is 0 Å². The van der Waals surface area contributed by atoms with Gasteiger partial charge in [0, 0.05) is 17.9 Å². The average Bonchev–Trinajstić information content (AvgIpc) is 2.58. The van der Waals surface area contributed by atoms with E-state index in [0.717, 1.165) is 19.3 Å². The maximum absolute atomic E-state index is 12.0. The van der Waals surface area contributed by atoms with Crippen molar-refractivity contribution in [1.29, 1.82) is 0 Å². The zero-order valence-corrected chi connectivity index (χ0v) is 16.8. The molecule has 4 heteroatoms. The van der Waals surface area contributed by atoms with Gasteiger partial charge in [-0.25, -0.2) is 4.79 Å². The van der Waals surface area contributed by atoms with E-state index in [2.05, 4.69) is 46.0 Å². The minimum absolute atomic E-state index is 0.102. The average molecular weight is 352 g/mol. The van der Waals surface area contributed by atoms with Crippen LogP contribution in [0.15, 0.2) is 11.6 Å². The van der Waals surface area contributed by atoms with Crippen LogP contribution in [0.2, 0.25) is 0 Å². The van der Waals surface area contributed by atoms with E-state index in [1.54, 1.807) is 0 Å². The standard InChI is InChI=1S/C21H37NO3/c1-6-8-10-18-19-15(3)12-16(4)21(13-24-18,17(19)5)14-25-20(23)22-11-9-7-2/h12,16-19H,6-11,13-14H2,1-5H3,(H,22,23)/t16-,17+,18-,19-,21+/m0/s1. The van der Waals surface area contributed by atoms with Gasteiger partial charge >= 0.3 is 6.09 Å². The van der Waals surface area contributed by atoms with Crippen molar-refractivity contribution in [2.45, 2.75) is 72.8 Å². The molecule has 1 aliphatic carbocycles. The van der Waals surface area contributed by atoms with Crippen molar-refractivity contribution in [3.63, 3.8) is 0 Å². The summed E-state index contributed by atoms with van der Waals surface area (Å²) in [5.74, 6) is 1.27. The lowest BCUT2D eigenvalue weighted by molar-refractivity contribution is -0.165. The van der Waals surface area contributed by atoms with Crippen LogP contribution in [-0.4, -0.2) is 32.0 Å². The Bertz CT molecular complexity index is 476. The van der Waals surface area contributed by atoms with Crippen molar-refractivity contribution < 1.29 is 14.3 Å². The number of amides is 1. The van der Waals surface area contributed by atoms with Crippen molar-refractivity contribution in [1.82, 2.24) is 5.32 Å². The normalized spacial score (nSPS) is 34.4. The molecule has 2 bridgehead atoms. The molecule has 1 aliphatic heterocycles. The third-order valence-electron chi connectivity index (χ3n) is 6.47. The molecule has 2 aliphatic rings. The van der Waals surface area contributed by atoms with Crippen LogP contribution in [0.3, 0.4) is 0 Å². The smallest absolute Gasteiger partial charge is 0.407 e. The van der Waals surface area contributed by atoms with Gasteiger partial charge in [-0.1, -0.05) is 58.6 Å². The van der Waals surface area contributed by atoms with E-state index in [1.165, 1.54) is 18.4 Å². The molecule has 1 amide bonds. The minimum atomic E-state index is -0.293. The first-order valence-corrected chi connectivity index (χ1v) is 10.2. The number of carbonyl (C=O) groups excluding carboxylic acids is 1. The number of hydrogen-bond donors (Lipinski definition) is 1. The van der Waals surface area contributed by atoms with Gasteiger partial charge in [0.05, 0.1) is 12.7 Å². The highest BCUT2D eigenvalue weighted by atomic mass is 16.6. The third kappa shape index (κ3) is 4.39. The predicted molar refractivity (Wildman–Crippen MR) is 102 cm³/mol. The molecule has 2 rings (SSSR count). The van der Waals surface area contributed by atoms with Gasteiger partial charge in [0.2, 0.25) is 0 Å². The summed E-state index contributed by atoms with van der Waals surface area (Å²) in [6, 6.07) is 0. The molecule has 1 N–H and O–H groups in total. The topological polar surface area (TPSA) is 47.6 Å². The first-order chi connectivity index (χ1) is 12.0. The van der Waals surface area contributed by atoms with Crippen LogP contribution in [0.25, 0.3) is 0 Å². The molecular formula is C21H37NO3. The summed E-state index contributed by atoms with van der Waals surface area (Å²) in [4.78, 5) is 12.0. The Morgan fingerprint density at radius 2 is 2.04 bits per heavy atom. The molecule has 144 valence electrons. The second-order valence-corrected chi connectivity index (χ2v) is 8.10. The summed E-state index contributed by atoms with van der Waals surface area (Å²) in [7, 11) is 0. The number of unbranched alkanes of at least 4 members (excludes halogenated alkanes) is 2. The second-order valence-electron chi connectivity index (χ2n) is 8.10. The number of ether oxygens (including phenoxy) is 2. The fourth-order valence-corrected chi connectivity index (χ4v) is 4.67. The second kappa shape index (κ2) is 9.07. The predicted octanol–water partition coefficient (Wildman–Crippen LogP) is 4.94. The molecular weight excluding hydrogens is 314 g/mol. The highest BCUT2D eigenvalue weighted by molar-refractivity contribution is 5.67. The monoisotopic (exact) mass is 351 g/mol. The lowest BCUT2D eigenvalue weighted by atomic mass is 9.56. The zero-order valence-electron chi connectivity index (χ0n) is 16.8. The van der Waals surface area contributed by atoms with Gasteiger partial charge in [-0.3, -0.25) is 0 Å². The molecule has 0 saturated carbocycles. The Balaban J connectivity index is 2.05. The molecule has 0 spiro atoms. The van der Waals surface area contributed by atoms with Crippen LogP contribution in [0.5, 0.6) is 0 Å². The Morgan fingerprint density at radius 3 is 2.72 bits per heavy atom. The zero-order chi connectivity index (χ0) is 18.4. The van der Waals surface area contributed by atoms with Gasteiger partial charge in [-0.15, -0.1) is 0 Å². The van der Waals surface area contributed by atoms with Crippen LogP contribution in [0.1, 0.15) is 66.7 Å². The van der Waals surface area contributed by atoms with Crippen molar-refractivity contribution in [2.24, 2.45) is 23.2 Å². The Hall–Kier alpha value is -1.03. The van der Waals surface area contributed by atoms with E-state index >= 15 is 0 Å². The van der Waals surface area contributed by atoms with E-state index in [9.17, 15) is 4.79 Å². The number of rotatable bonds is 8. The Morgan fingerprint density at radius 1 is 1.32 bits per heavy atom. The number of hydrogen-bond acceptors (Lipinski definition) is 3. The fourth-order valence-electron chi connectivity index (χ4n) is 4.67. The van der Waals surface area contributed by atoms with Gasteiger partial charge in [-0.2, -0.15) is 0 Å². The van der Waals surface area contributed by atoms with E-state index in [4.69, 9.17) is 9.47 Å². The largest absolute Gasteiger partial charge is 0.449 e. The van der Waals surface area contributed by atoms with Gasteiger partial charge in [0.25, 0.3) is 0 Å². The summed E-state index contributed by atoms with van der Waals surface area (Å²) in [5.41, 5.74) is 1.35. The van der Waals surface area contributed by atoms with E-state index in [0.29, 0.717) is 43.6 Å². The quantitative estimate of drug-likeness (QED) is 0.498. The summed E-state index contributed by atoms with van der Waals surface area (Å²) in [6.45, 7) is 13.0.